The third-order valence-corrected chi connectivity index (χ3v) is 4.09. The molecule has 0 spiro atoms. The molecule has 1 aliphatic heterocycles. The van der Waals surface area contributed by atoms with Crippen molar-refractivity contribution in [1.29, 1.82) is 0 Å². The number of fused-ring (bicyclic) bond motifs is 1. The maximum absolute atomic E-state index is 12.8. The summed E-state index contributed by atoms with van der Waals surface area (Å²) in [5.41, 5.74) is 2.58. The van der Waals surface area contributed by atoms with Gasteiger partial charge in [0.05, 0.1) is 12.4 Å². The SMILES string of the molecule is CN(C)CCNc1cnc(C(=O)N2CCCc3ccccc32)cn1. The van der Waals surface area contributed by atoms with Gasteiger partial charge in [0.25, 0.3) is 5.91 Å². The molecule has 0 unspecified atom stereocenters. The smallest absolute Gasteiger partial charge is 0.278 e. The van der Waals surface area contributed by atoms with Crippen molar-refractivity contribution < 1.29 is 4.79 Å². The van der Waals surface area contributed by atoms with Gasteiger partial charge in [0, 0.05) is 25.3 Å². The third kappa shape index (κ3) is 3.71. The summed E-state index contributed by atoms with van der Waals surface area (Å²) in [5.74, 6) is 0.599. The Hall–Kier alpha value is -2.47. The number of hydrogen-bond acceptors (Lipinski definition) is 5. The lowest BCUT2D eigenvalue weighted by Crippen LogP contribution is -2.36. The Labute approximate surface area is 142 Å². The summed E-state index contributed by atoms with van der Waals surface area (Å²) in [6.07, 6.45) is 5.16. The molecule has 0 saturated heterocycles. The van der Waals surface area contributed by atoms with E-state index in [-0.39, 0.29) is 5.91 Å². The van der Waals surface area contributed by atoms with E-state index in [0.717, 1.165) is 38.2 Å². The van der Waals surface area contributed by atoms with Crippen LogP contribution in [0.1, 0.15) is 22.5 Å². The van der Waals surface area contributed by atoms with Gasteiger partial charge in [-0.2, -0.15) is 0 Å². The van der Waals surface area contributed by atoms with Gasteiger partial charge in [-0.15, -0.1) is 0 Å². The molecule has 1 N–H and O–H groups in total. The number of carbonyl (C=O) groups is 1. The van der Waals surface area contributed by atoms with Crippen molar-refractivity contribution in [3.63, 3.8) is 0 Å². The number of likely N-dealkylation sites (N-methyl/N-ethyl adjacent to an activating group) is 1. The lowest BCUT2D eigenvalue weighted by Gasteiger charge is -2.29. The fourth-order valence-corrected chi connectivity index (χ4v) is 2.82. The quantitative estimate of drug-likeness (QED) is 0.911. The first-order chi connectivity index (χ1) is 11.6. The number of aromatic nitrogens is 2. The molecule has 6 nitrogen and oxygen atoms in total. The van der Waals surface area contributed by atoms with E-state index in [0.29, 0.717) is 11.5 Å². The second kappa shape index (κ2) is 7.40. The van der Waals surface area contributed by atoms with E-state index in [1.165, 1.54) is 5.56 Å². The Morgan fingerprint density at radius 2 is 2.08 bits per heavy atom. The zero-order chi connectivity index (χ0) is 16.9. The molecule has 24 heavy (non-hydrogen) atoms. The van der Waals surface area contributed by atoms with Crippen LogP contribution < -0.4 is 10.2 Å². The molecule has 6 heteroatoms. The first-order valence-electron chi connectivity index (χ1n) is 8.25. The molecule has 0 aliphatic carbocycles. The van der Waals surface area contributed by atoms with Crippen LogP contribution in [0.2, 0.25) is 0 Å². The molecule has 2 aromatic rings. The highest BCUT2D eigenvalue weighted by molar-refractivity contribution is 6.05. The number of hydrogen-bond donors (Lipinski definition) is 1. The van der Waals surface area contributed by atoms with E-state index in [1.54, 1.807) is 12.4 Å². The maximum atomic E-state index is 12.8. The number of amides is 1. The van der Waals surface area contributed by atoms with E-state index >= 15 is 0 Å². The van der Waals surface area contributed by atoms with Crippen LogP contribution in [-0.4, -0.2) is 54.5 Å². The Morgan fingerprint density at radius 1 is 1.25 bits per heavy atom. The molecule has 0 bridgehead atoms. The number of nitrogens with zero attached hydrogens (tertiary/aromatic N) is 4. The predicted molar refractivity (Wildman–Crippen MR) is 95.5 cm³/mol. The summed E-state index contributed by atoms with van der Waals surface area (Å²) < 4.78 is 0. The van der Waals surface area contributed by atoms with Crippen LogP contribution in [0.5, 0.6) is 0 Å². The first kappa shape index (κ1) is 16.4. The van der Waals surface area contributed by atoms with Crippen molar-refractivity contribution in [2.75, 3.05) is 43.9 Å². The Balaban J connectivity index is 1.70. The summed E-state index contributed by atoms with van der Waals surface area (Å²) in [6, 6.07) is 8.06. The van der Waals surface area contributed by atoms with Gasteiger partial charge in [-0.1, -0.05) is 18.2 Å². The van der Waals surface area contributed by atoms with Gasteiger partial charge in [-0.05, 0) is 38.6 Å². The summed E-state index contributed by atoms with van der Waals surface area (Å²) in [6.45, 7) is 2.42. The lowest BCUT2D eigenvalue weighted by molar-refractivity contribution is 0.0980. The van der Waals surface area contributed by atoms with E-state index in [1.807, 2.05) is 37.2 Å². The van der Waals surface area contributed by atoms with Crippen LogP contribution in [0, 0.1) is 0 Å². The third-order valence-electron chi connectivity index (χ3n) is 4.09. The minimum atomic E-state index is -0.0884. The standard InChI is InChI=1S/C18H23N5O/c1-22(2)11-9-19-17-13-20-15(12-21-17)18(24)23-10-5-7-14-6-3-4-8-16(14)23/h3-4,6,8,12-13H,5,7,9-11H2,1-2H3,(H,19,21). The van der Waals surface area contributed by atoms with Gasteiger partial charge in [0.1, 0.15) is 11.5 Å². The average Bonchev–Trinajstić information content (AvgIpc) is 2.61. The van der Waals surface area contributed by atoms with Crippen LogP contribution in [0.3, 0.4) is 0 Å². The molecule has 0 atom stereocenters. The topological polar surface area (TPSA) is 61.4 Å². The van der Waals surface area contributed by atoms with E-state index < -0.39 is 0 Å². The summed E-state index contributed by atoms with van der Waals surface area (Å²) >= 11 is 0. The first-order valence-corrected chi connectivity index (χ1v) is 8.25. The zero-order valence-electron chi connectivity index (χ0n) is 14.2. The maximum Gasteiger partial charge on any atom is 0.278 e. The van der Waals surface area contributed by atoms with Crippen LogP contribution in [-0.2, 0) is 6.42 Å². The Morgan fingerprint density at radius 3 is 2.83 bits per heavy atom. The lowest BCUT2D eigenvalue weighted by atomic mass is 10.0. The highest BCUT2D eigenvalue weighted by Crippen LogP contribution is 2.27. The minimum absolute atomic E-state index is 0.0884. The van der Waals surface area contributed by atoms with Crippen LogP contribution in [0.15, 0.2) is 36.7 Å². The minimum Gasteiger partial charge on any atom is -0.368 e. The largest absolute Gasteiger partial charge is 0.368 e. The number of rotatable bonds is 5. The number of aryl methyl sites for hydroxylation is 1. The number of nitrogens with one attached hydrogen (secondary N) is 1. The molecule has 0 radical (unpaired) electrons. The van der Waals surface area contributed by atoms with Crippen molar-refractivity contribution in [2.24, 2.45) is 0 Å². The molecule has 0 fully saturated rings. The van der Waals surface area contributed by atoms with Crippen LogP contribution in [0.4, 0.5) is 11.5 Å². The molecule has 1 aromatic heterocycles. The molecule has 1 aromatic carbocycles. The second-order valence-electron chi connectivity index (χ2n) is 6.21. The molecule has 1 amide bonds. The van der Waals surface area contributed by atoms with Gasteiger partial charge in [0.15, 0.2) is 0 Å². The molecular weight excluding hydrogens is 302 g/mol. The zero-order valence-corrected chi connectivity index (χ0v) is 14.2. The molecule has 0 saturated carbocycles. The van der Waals surface area contributed by atoms with E-state index in [9.17, 15) is 4.79 Å². The summed E-state index contributed by atoms with van der Waals surface area (Å²) in [5, 5.41) is 3.20. The molecule has 1 aliphatic rings. The highest BCUT2D eigenvalue weighted by atomic mass is 16.2. The molecule has 126 valence electrons. The normalized spacial score (nSPS) is 13.7. The van der Waals surface area contributed by atoms with Crippen molar-refractivity contribution >= 4 is 17.4 Å². The van der Waals surface area contributed by atoms with Crippen LogP contribution >= 0.6 is 0 Å². The monoisotopic (exact) mass is 325 g/mol. The molecule has 2 heterocycles. The van der Waals surface area contributed by atoms with Crippen molar-refractivity contribution in [3.05, 3.63) is 47.9 Å². The number of carbonyl (C=O) groups excluding carboxylic acids is 1. The van der Waals surface area contributed by atoms with Crippen LogP contribution in [0.25, 0.3) is 0 Å². The van der Waals surface area contributed by atoms with E-state index in [2.05, 4.69) is 26.3 Å². The fourth-order valence-electron chi connectivity index (χ4n) is 2.82. The molecule has 3 rings (SSSR count). The fraction of sp³-hybridized carbons (Fsp3) is 0.389. The number of anilines is 2. The van der Waals surface area contributed by atoms with Gasteiger partial charge in [0.2, 0.25) is 0 Å². The van der Waals surface area contributed by atoms with Crippen molar-refractivity contribution in [3.8, 4) is 0 Å². The van der Waals surface area contributed by atoms with Crippen molar-refractivity contribution in [1.82, 2.24) is 14.9 Å². The second-order valence-corrected chi connectivity index (χ2v) is 6.21. The van der Waals surface area contributed by atoms with Gasteiger partial charge >= 0.3 is 0 Å². The van der Waals surface area contributed by atoms with Gasteiger partial charge in [-0.3, -0.25) is 4.79 Å². The van der Waals surface area contributed by atoms with Gasteiger partial charge < -0.3 is 15.1 Å². The Bertz CT molecular complexity index is 699. The molecular formula is C18H23N5O. The highest BCUT2D eigenvalue weighted by Gasteiger charge is 2.24. The Kier molecular flexibility index (Phi) is 5.05. The number of benzene rings is 1. The average molecular weight is 325 g/mol. The van der Waals surface area contributed by atoms with Gasteiger partial charge in [-0.25, -0.2) is 9.97 Å². The summed E-state index contributed by atoms with van der Waals surface area (Å²) in [4.78, 5) is 25.3. The predicted octanol–water partition coefficient (Wildman–Crippen LogP) is 2.04. The van der Waals surface area contributed by atoms with Crippen molar-refractivity contribution in [2.45, 2.75) is 12.8 Å². The number of para-hydroxylation sites is 1. The van der Waals surface area contributed by atoms with E-state index in [4.69, 9.17) is 0 Å². The summed E-state index contributed by atoms with van der Waals surface area (Å²) in [7, 11) is 4.04.